The fourth-order valence-electron chi connectivity index (χ4n) is 1.90. The minimum absolute atomic E-state index is 0.112. The molecule has 0 saturated heterocycles. The minimum Gasteiger partial charge on any atom is -0.359 e. The van der Waals surface area contributed by atoms with Gasteiger partial charge in [0.25, 0.3) is 0 Å². The van der Waals surface area contributed by atoms with E-state index in [-0.39, 0.29) is 5.91 Å². The van der Waals surface area contributed by atoms with Gasteiger partial charge < -0.3 is 10.6 Å². The SMILES string of the molecule is CCCC(C)C(CC)NCCC(=O)NC. The number of carbonyl (C=O) groups excluding carboxylic acids is 1. The lowest BCUT2D eigenvalue weighted by Gasteiger charge is -2.23. The molecule has 0 heterocycles. The zero-order valence-electron chi connectivity index (χ0n) is 10.6. The Bertz CT molecular complexity index is 171. The second kappa shape index (κ2) is 8.72. The molecule has 0 aliphatic rings. The molecule has 0 aromatic carbocycles. The minimum atomic E-state index is 0.112. The Morgan fingerprint density at radius 2 is 2.00 bits per heavy atom. The van der Waals surface area contributed by atoms with Crippen LogP contribution in [-0.4, -0.2) is 25.5 Å². The number of hydrogen-bond acceptors (Lipinski definition) is 2. The lowest BCUT2D eigenvalue weighted by Crippen LogP contribution is -2.36. The highest BCUT2D eigenvalue weighted by atomic mass is 16.1. The van der Waals surface area contributed by atoms with Crippen molar-refractivity contribution < 1.29 is 4.79 Å². The summed E-state index contributed by atoms with van der Waals surface area (Å²) in [5.74, 6) is 0.810. The second-order valence-electron chi connectivity index (χ2n) is 4.16. The molecule has 0 saturated carbocycles. The van der Waals surface area contributed by atoms with E-state index in [2.05, 4.69) is 31.4 Å². The van der Waals surface area contributed by atoms with Gasteiger partial charge in [0.15, 0.2) is 0 Å². The van der Waals surface area contributed by atoms with Gasteiger partial charge >= 0.3 is 0 Å². The maximum Gasteiger partial charge on any atom is 0.221 e. The van der Waals surface area contributed by atoms with Gasteiger partial charge in [-0.25, -0.2) is 0 Å². The van der Waals surface area contributed by atoms with E-state index in [0.717, 1.165) is 13.0 Å². The van der Waals surface area contributed by atoms with Crippen LogP contribution in [0.4, 0.5) is 0 Å². The molecule has 3 nitrogen and oxygen atoms in total. The fraction of sp³-hybridized carbons (Fsp3) is 0.917. The molecule has 90 valence electrons. The Kier molecular flexibility index (Phi) is 8.38. The van der Waals surface area contributed by atoms with E-state index >= 15 is 0 Å². The first kappa shape index (κ1) is 14.4. The summed E-state index contributed by atoms with van der Waals surface area (Å²) in [7, 11) is 1.68. The van der Waals surface area contributed by atoms with E-state index in [1.807, 2.05) is 0 Å². The summed E-state index contributed by atoms with van der Waals surface area (Å²) >= 11 is 0. The van der Waals surface area contributed by atoms with Gasteiger partial charge in [-0.05, 0) is 18.8 Å². The van der Waals surface area contributed by atoms with Crippen molar-refractivity contribution in [1.82, 2.24) is 10.6 Å². The third-order valence-corrected chi connectivity index (χ3v) is 2.91. The standard InChI is InChI=1S/C12H26N2O/c1-5-7-10(3)11(6-2)14-9-8-12(15)13-4/h10-11,14H,5-9H2,1-4H3,(H,13,15). The van der Waals surface area contributed by atoms with E-state index in [0.29, 0.717) is 18.4 Å². The normalized spacial score (nSPS) is 14.7. The zero-order chi connectivity index (χ0) is 11.7. The van der Waals surface area contributed by atoms with Crippen molar-refractivity contribution in [3.05, 3.63) is 0 Å². The molecule has 15 heavy (non-hydrogen) atoms. The molecule has 2 N–H and O–H groups in total. The van der Waals surface area contributed by atoms with Gasteiger partial charge in [0.2, 0.25) is 5.91 Å². The van der Waals surface area contributed by atoms with E-state index in [1.54, 1.807) is 7.05 Å². The smallest absolute Gasteiger partial charge is 0.221 e. The van der Waals surface area contributed by atoms with Gasteiger partial charge in [-0.1, -0.05) is 27.2 Å². The van der Waals surface area contributed by atoms with Crippen molar-refractivity contribution >= 4 is 5.91 Å². The molecule has 2 unspecified atom stereocenters. The van der Waals surface area contributed by atoms with Crippen molar-refractivity contribution in [1.29, 1.82) is 0 Å². The first-order chi connectivity index (χ1) is 7.15. The van der Waals surface area contributed by atoms with Crippen LogP contribution >= 0.6 is 0 Å². The van der Waals surface area contributed by atoms with Crippen LogP contribution < -0.4 is 10.6 Å². The Hall–Kier alpha value is -0.570. The highest BCUT2D eigenvalue weighted by Gasteiger charge is 2.13. The molecule has 0 spiro atoms. The molecular weight excluding hydrogens is 188 g/mol. The molecule has 2 atom stereocenters. The lowest BCUT2D eigenvalue weighted by atomic mass is 9.95. The third-order valence-electron chi connectivity index (χ3n) is 2.91. The average Bonchev–Trinajstić information content (AvgIpc) is 2.24. The molecular formula is C12H26N2O. The summed E-state index contributed by atoms with van der Waals surface area (Å²) in [5, 5.41) is 6.09. The van der Waals surface area contributed by atoms with Crippen molar-refractivity contribution in [3.63, 3.8) is 0 Å². The van der Waals surface area contributed by atoms with Gasteiger partial charge in [-0.3, -0.25) is 4.79 Å². The molecule has 0 aromatic rings. The van der Waals surface area contributed by atoms with Gasteiger partial charge in [-0.15, -0.1) is 0 Å². The largest absolute Gasteiger partial charge is 0.359 e. The van der Waals surface area contributed by atoms with E-state index < -0.39 is 0 Å². The highest BCUT2D eigenvalue weighted by Crippen LogP contribution is 2.13. The summed E-state index contributed by atoms with van der Waals surface area (Å²) in [6.45, 7) is 7.48. The number of rotatable bonds is 8. The monoisotopic (exact) mass is 214 g/mol. The molecule has 1 amide bonds. The van der Waals surface area contributed by atoms with Crippen LogP contribution in [0, 0.1) is 5.92 Å². The Morgan fingerprint density at radius 3 is 2.47 bits per heavy atom. The average molecular weight is 214 g/mol. The molecule has 0 radical (unpaired) electrons. The van der Waals surface area contributed by atoms with Crippen LogP contribution in [0.15, 0.2) is 0 Å². The predicted molar refractivity (Wildman–Crippen MR) is 64.8 cm³/mol. The van der Waals surface area contributed by atoms with Crippen molar-refractivity contribution in [2.45, 2.75) is 52.5 Å². The Balaban J connectivity index is 3.74. The summed E-state index contributed by atoms with van der Waals surface area (Å²) in [5.41, 5.74) is 0. The lowest BCUT2D eigenvalue weighted by molar-refractivity contribution is -0.120. The van der Waals surface area contributed by atoms with Crippen LogP contribution in [0.3, 0.4) is 0 Å². The van der Waals surface area contributed by atoms with Crippen LogP contribution in [0.2, 0.25) is 0 Å². The van der Waals surface area contributed by atoms with E-state index in [9.17, 15) is 4.79 Å². The number of hydrogen-bond donors (Lipinski definition) is 2. The zero-order valence-corrected chi connectivity index (χ0v) is 10.6. The topological polar surface area (TPSA) is 41.1 Å². The van der Waals surface area contributed by atoms with Crippen LogP contribution in [0.25, 0.3) is 0 Å². The molecule has 0 fully saturated rings. The Labute approximate surface area is 94.0 Å². The fourth-order valence-corrected chi connectivity index (χ4v) is 1.90. The summed E-state index contributed by atoms with van der Waals surface area (Å²) < 4.78 is 0. The van der Waals surface area contributed by atoms with Crippen LogP contribution in [-0.2, 0) is 4.79 Å². The molecule has 3 heteroatoms. The van der Waals surface area contributed by atoms with Gasteiger partial charge in [0.1, 0.15) is 0 Å². The van der Waals surface area contributed by atoms with E-state index in [1.165, 1.54) is 12.8 Å². The molecule has 0 aliphatic carbocycles. The molecule has 0 aliphatic heterocycles. The number of carbonyl (C=O) groups is 1. The van der Waals surface area contributed by atoms with Crippen molar-refractivity contribution in [2.75, 3.05) is 13.6 Å². The first-order valence-corrected chi connectivity index (χ1v) is 6.09. The van der Waals surface area contributed by atoms with Crippen LogP contribution in [0.5, 0.6) is 0 Å². The van der Waals surface area contributed by atoms with E-state index in [4.69, 9.17) is 0 Å². The summed E-state index contributed by atoms with van der Waals surface area (Å²) in [4.78, 5) is 11.0. The summed E-state index contributed by atoms with van der Waals surface area (Å²) in [6.07, 6.45) is 4.20. The maximum atomic E-state index is 11.0. The number of nitrogens with one attached hydrogen (secondary N) is 2. The molecule has 0 aromatic heterocycles. The number of amides is 1. The first-order valence-electron chi connectivity index (χ1n) is 6.09. The van der Waals surface area contributed by atoms with Gasteiger partial charge in [0, 0.05) is 26.1 Å². The molecule has 0 rings (SSSR count). The third kappa shape index (κ3) is 6.50. The highest BCUT2D eigenvalue weighted by molar-refractivity contribution is 5.75. The van der Waals surface area contributed by atoms with Gasteiger partial charge in [0.05, 0.1) is 0 Å². The van der Waals surface area contributed by atoms with Crippen LogP contribution in [0.1, 0.15) is 46.5 Å². The maximum absolute atomic E-state index is 11.0. The van der Waals surface area contributed by atoms with Crippen molar-refractivity contribution in [3.8, 4) is 0 Å². The van der Waals surface area contributed by atoms with Gasteiger partial charge in [-0.2, -0.15) is 0 Å². The van der Waals surface area contributed by atoms with Crippen molar-refractivity contribution in [2.24, 2.45) is 5.92 Å². The molecule has 0 bridgehead atoms. The Morgan fingerprint density at radius 1 is 1.33 bits per heavy atom. The quantitative estimate of drug-likeness (QED) is 0.648. The predicted octanol–water partition coefficient (Wildman–Crippen LogP) is 1.93. The second-order valence-corrected chi connectivity index (χ2v) is 4.16. The summed E-state index contributed by atoms with van der Waals surface area (Å²) in [6, 6.07) is 0.551.